The molecule has 1 aromatic carbocycles. The molecular formula is C16H13N5O4S3. The zero-order chi connectivity index (χ0) is 19.7. The molecule has 0 radical (unpaired) electrons. The first-order valence-corrected chi connectivity index (χ1v) is 11.3. The largest absolute Gasteiger partial charge is 0.289 e. The molecule has 4 rings (SSSR count). The molecule has 28 heavy (non-hydrogen) atoms. The molecule has 3 aromatic heterocycles. The summed E-state index contributed by atoms with van der Waals surface area (Å²) in [5, 5.41) is 19.4. The molecule has 9 nitrogen and oxygen atoms in total. The smallest absolute Gasteiger partial charge is 0.258 e. The van der Waals surface area contributed by atoms with E-state index in [9.17, 15) is 18.5 Å². The lowest BCUT2D eigenvalue weighted by Gasteiger charge is -2.06. The number of thiophene rings is 1. The van der Waals surface area contributed by atoms with Gasteiger partial charge in [0.15, 0.2) is 10.7 Å². The van der Waals surface area contributed by atoms with Gasteiger partial charge in [-0.3, -0.25) is 10.1 Å². The van der Waals surface area contributed by atoms with Crippen LogP contribution in [0.2, 0.25) is 0 Å². The van der Waals surface area contributed by atoms with E-state index in [1.165, 1.54) is 35.6 Å². The van der Waals surface area contributed by atoms with E-state index in [2.05, 4.69) is 14.8 Å². The quantitative estimate of drug-likeness (QED) is 0.352. The number of nitrogens with one attached hydrogen (secondary N) is 1. The summed E-state index contributed by atoms with van der Waals surface area (Å²) in [6.45, 7) is 0.0778. The van der Waals surface area contributed by atoms with Gasteiger partial charge in [-0.05, 0) is 17.5 Å². The van der Waals surface area contributed by atoms with E-state index in [4.69, 9.17) is 0 Å². The molecule has 144 valence electrons. The fraction of sp³-hybridized carbons (Fsp3) is 0.125. The first-order valence-electron chi connectivity index (χ1n) is 8.06. The zero-order valence-corrected chi connectivity index (χ0v) is 16.6. The van der Waals surface area contributed by atoms with Gasteiger partial charge in [-0.1, -0.05) is 18.2 Å². The Hall–Kier alpha value is -2.67. The molecule has 0 aliphatic rings. The minimum atomic E-state index is -4.00. The Labute approximate surface area is 167 Å². The Kier molecular flexibility index (Phi) is 4.93. The number of hydrogen-bond acceptors (Lipinski definition) is 8. The number of sulfonamides is 1. The van der Waals surface area contributed by atoms with Crippen molar-refractivity contribution in [2.75, 3.05) is 6.54 Å². The van der Waals surface area contributed by atoms with Gasteiger partial charge in [0.2, 0.25) is 15.0 Å². The third-order valence-electron chi connectivity index (χ3n) is 3.92. The van der Waals surface area contributed by atoms with Crippen molar-refractivity contribution >= 4 is 43.3 Å². The van der Waals surface area contributed by atoms with Gasteiger partial charge in [-0.25, -0.2) is 17.7 Å². The standard InChI is InChI=1S/C16H13N5O4S3/c22-21(23)12-4-1-2-6-14(12)28(24,25)17-8-7-11-10-27-16-18-15(19-20(11)16)13-5-3-9-26-13/h1-6,9-10,17H,7-8H2. The van der Waals surface area contributed by atoms with Crippen molar-refractivity contribution in [3.63, 3.8) is 0 Å². The molecule has 4 aromatic rings. The molecule has 0 fully saturated rings. The third-order valence-corrected chi connectivity index (χ3v) is 7.16. The van der Waals surface area contributed by atoms with E-state index in [0.29, 0.717) is 12.2 Å². The van der Waals surface area contributed by atoms with Gasteiger partial charge in [0.1, 0.15) is 0 Å². The van der Waals surface area contributed by atoms with Gasteiger partial charge in [0, 0.05) is 24.4 Å². The van der Waals surface area contributed by atoms with Crippen molar-refractivity contribution in [1.29, 1.82) is 0 Å². The number of thiazole rings is 1. The molecule has 0 atom stereocenters. The number of para-hydroxylation sites is 1. The molecule has 3 heterocycles. The number of rotatable bonds is 7. The second-order valence-electron chi connectivity index (χ2n) is 5.71. The lowest BCUT2D eigenvalue weighted by molar-refractivity contribution is -0.387. The average molecular weight is 436 g/mol. The van der Waals surface area contributed by atoms with Crippen LogP contribution < -0.4 is 4.72 Å². The summed E-state index contributed by atoms with van der Waals surface area (Å²) < 4.78 is 29.0. The van der Waals surface area contributed by atoms with Crippen molar-refractivity contribution in [2.24, 2.45) is 0 Å². The third kappa shape index (κ3) is 3.54. The molecule has 0 bridgehead atoms. The molecule has 1 N–H and O–H groups in total. The number of benzene rings is 1. The number of fused-ring (bicyclic) bond motifs is 1. The van der Waals surface area contributed by atoms with Gasteiger partial charge in [-0.2, -0.15) is 4.98 Å². The zero-order valence-electron chi connectivity index (χ0n) is 14.2. The number of nitrogens with zero attached hydrogens (tertiary/aromatic N) is 4. The van der Waals surface area contributed by atoms with Gasteiger partial charge in [-0.15, -0.1) is 27.8 Å². The highest BCUT2D eigenvalue weighted by atomic mass is 32.2. The molecule has 0 aliphatic carbocycles. The van der Waals surface area contributed by atoms with Crippen molar-refractivity contribution in [1.82, 2.24) is 19.3 Å². The average Bonchev–Trinajstić information content (AvgIpc) is 3.39. The van der Waals surface area contributed by atoms with Crippen LogP contribution in [0.3, 0.4) is 0 Å². The van der Waals surface area contributed by atoms with Crippen LogP contribution in [0.15, 0.2) is 52.1 Å². The normalized spacial score (nSPS) is 11.9. The van der Waals surface area contributed by atoms with Crippen LogP contribution in [0.1, 0.15) is 5.69 Å². The maximum Gasteiger partial charge on any atom is 0.289 e. The molecule has 0 spiro atoms. The van der Waals surface area contributed by atoms with E-state index in [1.807, 2.05) is 22.9 Å². The SMILES string of the molecule is O=[N+]([O-])c1ccccc1S(=O)(=O)NCCc1csc2nc(-c3cccs3)nn12. The Bertz CT molecular complexity index is 1240. The van der Waals surface area contributed by atoms with Crippen molar-refractivity contribution < 1.29 is 13.3 Å². The van der Waals surface area contributed by atoms with Crippen LogP contribution >= 0.6 is 22.7 Å². The molecule has 0 amide bonds. The highest BCUT2D eigenvalue weighted by Crippen LogP contribution is 2.25. The van der Waals surface area contributed by atoms with Crippen molar-refractivity contribution in [2.45, 2.75) is 11.3 Å². The molecule has 0 saturated carbocycles. The van der Waals surface area contributed by atoms with E-state index >= 15 is 0 Å². The highest BCUT2D eigenvalue weighted by molar-refractivity contribution is 7.89. The van der Waals surface area contributed by atoms with Crippen LogP contribution in [-0.2, 0) is 16.4 Å². The van der Waals surface area contributed by atoms with E-state index in [-0.39, 0.29) is 11.4 Å². The summed E-state index contributed by atoms with van der Waals surface area (Å²) in [5.41, 5.74) is 0.352. The number of hydrogen-bond donors (Lipinski definition) is 1. The minimum Gasteiger partial charge on any atom is -0.258 e. The Morgan fingerprint density at radius 2 is 2.00 bits per heavy atom. The maximum absolute atomic E-state index is 12.5. The fourth-order valence-electron chi connectivity index (χ4n) is 2.63. The second kappa shape index (κ2) is 7.39. The molecule has 12 heteroatoms. The highest BCUT2D eigenvalue weighted by Gasteiger charge is 2.24. The van der Waals surface area contributed by atoms with Crippen LogP contribution in [0, 0.1) is 10.1 Å². The van der Waals surface area contributed by atoms with Gasteiger partial charge in [0.25, 0.3) is 5.69 Å². The Morgan fingerprint density at radius 1 is 1.18 bits per heavy atom. The summed E-state index contributed by atoms with van der Waals surface area (Å²) in [6, 6.07) is 9.12. The number of nitro benzene ring substituents is 1. The van der Waals surface area contributed by atoms with E-state index < -0.39 is 20.6 Å². The topological polar surface area (TPSA) is 120 Å². The monoisotopic (exact) mass is 435 g/mol. The van der Waals surface area contributed by atoms with Crippen LogP contribution in [0.25, 0.3) is 15.7 Å². The molecular weight excluding hydrogens is 422 g/mol. The van der Waals surface area contributed by atoms with Crippen molar-refractivity contribution in [3.8, 4) is 10.7 Å². The van der Waals surface area contributed by atoms with Gasteiger partial charge in [0.05, 0.1) is 15.5 Å². The summed E-state index contributed by atoms with van der Waals surface area (Å²) in [5.74, 6) is 0.628. The molecule has 0 unspecified atom stereocenters. The van der Waals surface area contributed by atoms with Crippen LogP contribution in [0.5, 0.6) is 0 Å². The number of nitro groups is 1. The summed E-state index contributed by atoms with van der Waals surface area (Å²) >= 11 is 2.96. The predicted molar refractivity (Wildman–Crippen MR) is 106 cm³/mol. The lowest BCUT2D eigenvalue weighted by atomic mass is 10.3. The minimum absolute atomic E-state index is 0.0778. The second-order valence-corrected chi connectivity index (χ2v) is 9.23. The first kappa shape index (κ1) is 18.7. The maximum atomic E-state index is 12.5. The fourth-order valence-corrected chi connectivity index (χ4v) is 5.34. The first-order chi connectivity index (χ1) is 13.5. The van der Waals surface area contributed by atoms with E-state index in [1.54, 1.807) is 15.9 Å². The molecule has 0 aliphatic heterocycles. The number of aromatic nitrogens is 3. The van der Waals surface area contributed by atoms with Crippen LogP contribution in [-0.4, -0.2) is 34.5 Å². The molecule has 0 saturated heterocycles. The van der Waals surface area contributed by atoms with Crippen LogP contribution in [0.4, 0.5) is 5.69 Å². The predicted octanol–water partition coefficient (Wildman–Crippen LogP) is 2.95. The van der Waals surface area contributed by atoms with Gasteiger partial charge < -0.3 is 0 Å². The summed E-state index contributed by atoms with van der Waals surface area (Å²) in [6.07, 6.45) is 0.368. The summed E-state index contributed by atoms with van der Waals surface area (Å²) in [4.78, 5) is 16.2. The Morgan fingerprint density at radius 3 is 2.75 bits per heavy atom. The van der Waals surface area contributed by atoms with E-state index in [0.717, 1.165) is 15.5 Å². The van der Waals surface area contributed by atoms with Gasteiger partial charge >= 0.3 is 0 Å². The summed E-state index contributed by atoms with van der Waals surface area (Å²) in [7, 11) is -4.00. The Balaban J connectivity index is 1.50. The lowest BCUT2D eigenvalue weighted by Crippen LogP contribution is -2.27. The van der Waals surface area contributed by atoms with Crippen molar-refractivity contribution in [3.05, 3.63) is 63.0 Å².